The number of hydrogen-bond donors (Lipinski definition) is 1. The lowest BCUT2D eigenvalue weighted by atomic mass is 10.2. The summed E-state index contributed by atoms with van der Waals surface area (Å²) in [5.74, 6) is -1.80. The topological polar surface area (TPSA) is 59.4 Å². The predicted molar refractivity (Wildman–Crippen MR) is 42.8 cm³/mol. The first-order valence-electron chi connectivity index (χ1n) is 3.87. The molecule has 0 spiro atoms. The van der Waals surface area contributed by atoms with Crippen LogP contribution in [0.5, 0.6) is 11.6 Å². The highest BCUT2D eigenvalue weighted by Gasteiger charge is 2.33. The summed E-state index contributed by atoms with van der Waals surface area (Å²) in [5.41, 5.74) is -1.25. The van der Waals surface area contributed by atoms with Gasteiger partial charge >= 0.3 is 6.36 Å². The van der Waals surface area contributed by atoms with Gasteiger partial charge in [-0.25, -0.2) is 9.37 Å². The summed E-state index contributed by atoms with van der Waals surface area (Å²) in [4.78, 5) is 13.3. The average Bonchev–Trinajstić information content (AvgIpc) is 2.18. The smallest absolute Gasteiger partial charge is 0.506 e. The third-order valence-corrected chi connectivity index (χ3v) is 1.54. The highest BCUT2D eigenvalue weighted by molar-refractivity contribution is 5.76. The zero-order valence-electron chi connectivity index (χ0n) is 7.58. The lowest BCUT2D eigenvalue weighted by Gasteiger charge is -2.11. The van der Waals surface area contributed by atoms with E-state index in [4.69, 9.17) is 5.11 Å². The van der Waals surface area contributed by atoms with Crippen LogP contribution in [-0.2, 0) is 6.67 Å². The first-order valence-corrected chi connectivity index (χ1v) is 3.87. The van der Waals surface area contributed by atoms with Crippen LogP contribution in [0.2, 0.25) is 0 Å². The van der Waals surface area contributed by atoms with Crippen molar-refractivity contribution >= 4 is 6.29 Å². The van der Waals surface area contributed by atoms with Gasteiger partial charge in [0.25, 0.3) is 0 Å². The average molecular weight is 239 g/mol. The molecule has 0 amide bonds. The molecule has 0 aliphatic rings. The number of aromatic hydroxyl groups is 1. The Hall–Kier alpha value is -1.86. The Balaban J connectivity index is 3.20. The molecular weight excluding hydrogens is 234 g/mol. The molecule has 1 aromatic rings. The van der Waals surface area contributed by atoms with E-state index in [0.29, 0.717) is 6.07 Å². The number of hydrogen-bond acceptors (Lipinski definition) is 4. The molecule has 0 bridgehead atoms. The quantitative estimate of drug-likeness (QED) is 0.647. The summed E-state index contributed by atoms with van der Waals surface area (Å²) in [7, 11) is 0. The van der Waals surface area contributed by atoms with E-state index in [1.165, 1.54) is 0 Å². The molecule has 4 nitrogen and oxygen atoms in total. The molecule has 16 heavy (non-hydrogen) atoms. The molecule has 0 unspecified atom stereocenters. The molecule has 0 atom stereocenters. The Labute approximate surface area is 86.5 Å². The molecule has 0 aliphatic carbocycles. The summed E-state index contributed by atoms with van der Waals surface area (Å²) in [5, 5.41) is 9.05. The number of halogens is 4. The van der Waals surface area contributed by atoms with E-state index in [9.17, 15) is 22.4 Å². The van der Waals surface area contributed by atoms with Crippen molar-refractivity contribution in [1.29, 1.82) is 0 Å². The van der Waals surface area contributed by atoms with Crippen LogP contribution in [0.1, 0.15) is 16.1 Å². The maximum Gasteiger partial charge on any atom is 0.574 e. The zero-order valence-corrected chi connectivity index (χ0v) is 7.58. The molecule has 0 fully saturated rings. The van der Waals surface area contributed by atoms with Gasteiger partial charge in [0.05, 0.1) is 0 Å². The second-order valence-electron chi connectivity index (χ2n) is 2.66. The fourth-order valence-corrected chi connectivity index (χ4v) is 0.920. The fourth-order valence-electron chi connectivity index (χ4n) is 0.920. The summed E-state index contributed by atoms with van der Waals surface area (Å²) >= 11 is 0. The molecule has 0 aliphatic heterocycles. The standard InChI is InChI=1S/C8H5F4NO3/c9-2-4-1-6(15)5(3-14)13-7(4)16-8(10,11)12/h1,3,15H,2H2. The van der Waals surface area contributed by atoms with Crippen LogP contribution in [0.15, 0.2) is 6.07 Å². The minimum Gasteiger partial charge on any atom is -0.506 e. The Morgan fingerprint density at radius 2 is 2.12 bits per heavy atom. The van der Waals surface area contributed by atoms with Gasteiger partial charge in [-0.2, -0.15) is 0 Å². The number of aromatic nitrogens is 1. The van der Waals surface area contributed by atoms with Crippen LogP contribution in [-0.4, -0.2) is 22.7 Å². The van der Waals surface area contributed by atoms with Crippen LogP contribution in [0, 0.1) is 0 Å². The van der Waals surface area contributed by atoms with Gasteiger partial charge < -0.3 is 9.84 Å². The minimum atomic E-state index is -5.05. The van der Waals surface area contributed by atoms with Gasteiger partial charge in [0.1, 0.15) is 18.1 Å². The molecule has 1 N–H and O–H groups in total. The predicted octanol–water partition coefficient (Wildman–Crippen LogP) is 1.97. The lowest BCUT2D eigenvalue weighted by molar-refractivity contribution is -0.276. The number of rotatable bonds is 3. The SMILES string of the molecule is O=Cc1nc(OC(F)(F)F)c(CF)cc1O. The molecule has 8 heteroatoms. The van der Waals surface area contributed by atoms with Crippen molar-refractivity contribution in [2.24, 2.45) is 0 Å². The maximum absolute atomic E-state index is 12.3. The van der Waals surface area contributed by atoms with Gasteiger partial charge in [0.15, 0.2) is 6.29 Å². The molecule has 1 rings (SSSR count). The Kier molecular flexibility index (Phi) is 3.31. The number of carbonyl (C=O) groups is 1. The van der Waals surface area contributed by atoms with Crippen LogP contribution in [0.4, 0.5) is 17.6 Å². The molecule has 0 aromatic carbocycles. The van der Waals surface area contributed by atoms with E-state index in [1.807, 2.05) is 0 Å². The molecule has 0 radical (unpaired) electrons. The summed E-state index contributed by atoms with van der Waals surface area (Å²) < 4.78 is 51.3. The van der Waals surface area contributed by atoms with E-state index in [-0.39, 0.29) is 6.29 Å². The highest BCUT2D eigenvalue weighted by Crippen LogP contribution is 2.28. The van der Waals surface area contributed by atoms with Crippen LogP contribution in [0.25, 0.3) is 0 Å². The first-order chi connectivity index (χ1) is 7.37. The summed E-state index contributed by atoms with van der Waals surface area (Å²) in [6, 6.07) is 0.651. The normalized spacial score (nSPS) is 11.2. The Morgan fingerprint density at radius 1 is 1.50 bits per heavy atom. The van der Waals surface area contributed by atoms with Crippen molar-refractivity contribution in [3.05, 3.63) is 17.3 Å². The van der Waals surface area contributed by atoms with Crippen LogP contribution in [0.3, 0.4) is 0 Å². The Morgan fingerprint density at radius 3 is 2.56 bits per heavy atom. The van der Waals surface area contributed by atoms with Gasteiger partial charge in [-0.3, -0.25) is 4.79 Å². The molecule has 0 saturated carbocycles. The Bertz CT molecular complexity index is 405. The molecule has 0 saturated heterocycles. The third-order valence-electron chi connectivity index (χ3n) is 1.54. The lowest BCUT2D eigenvalue weighted by Crippen LogP contribution is -2.19. The summed E-state index contributed by atoms with van der Waals surface area (Å²) in [6.45, 7) is -1.31. The van der Waals surface area contributed by atoms with Crippen molar-refractivity contribution in [3.8, 4) is 11.6 Å². The van der Waals surface area contributed by atoms with Gasteiger partial charge in [0.2, 0.25) is 5.88 Å². The molecule has 1 aromatic heterocycles. The van der Waals surface area contributed by atoms with E-state index < -0.39 is 35.9 Å². The van der Waals surface area contributed by atoms with Crippen LogP contribution >= 0.6 is 0 Å². The number of carbonyl (C=O) groups excluding carboxylic acids is 1. The van der Waals surface area contributed by atoms with Crippen molar-refractivity contribution in [3.63, 3.8) is 0 Å². The first kappa shape index (κ1) is 12.2. The highest BCUT2D eigenvalue weighted by atomic mass is 19.4. The van der Waals surface area contributed by atoms with Crippen molar-refractivity contribution in [1.82, 2.24) is 4.98 Å². The summed E-state index contributed by atoms with van der Waals surface area (Å²) in [6.07, 6.45) is -5.02. The fraction of sp³-hybridized carbons (Fsp3) is 0.250. The van der Waals surface area contributed by atoms with Gasteiger partial charge in [-0.1, -0.05) is 0 Å². The van der Waals surface area contributed by atoms with E-state index in [2.05, 4.69) is 9.72 Å². The van der Waals surface area contributed by atoms with Gasteiger partial charge in [-0.15, -0.1) is 13.2 Å². The van der Waals surface area contributed by atoms with Crippen molar-refractivity contribution in [2.75, 3.05) is 0 Å². The number of ether oxygens (including phenoxy) is 1. The van der Waals surface area contributed by atoms with Crippen LogP contribution < -0.4 is 4.74 Å². The van der Waals surface area contributed by atoms with Gasteiger partial charge in [-0.05, 0) is 6.07 Å². The molecule has 88 valence electrons. The number of pyridine rings is 1. The zero-order chi connectivity index (χ0) is 12.3. The second-order valence-corrected chi connectivity index (χ2v) is 2.66. The van der Waals surface area contributed by atoms with Crippen molar-refractivity contribution in [2.45, 2.75) is 13.0 Å². The van der Waals surface area contributed by atoms with Gasteiger partial charge in [0, 0.05) is 5.56 Å². The van der Waals surface area contributed by atoms with E-state index in [1.54, 1.807) is 0 Å². The largest absolute Gasteiger partial charge is 0.574 e. The molecular formula is C8H5F4NO3. The second kappa shape index (κ2) is 4.33. The maximum atomic E-state index is 12.3. The molecule has 1 heterocycles. The van der Waals surface area contributed by atoms with E-state index >= 15 is 0 Å². The third kappa shape index (κ3) is 2.81. The van der Waals surface area contributed by atoms with Crippen molar-refractivity contribution < 1.29 is 32.2 Å². The van der Waals surface area contributed by atoms with E-state index in [0.717, 1.165) is 0 Å². The number of alkyl halides is 4. The number of aldehydes is 1. The monoisotopic (exact) mass is 239 g/mol. The minimum absolute atomic E-state index is 0.0284. The number of nitrogens with zero attached hydrogens (tertiary/aromatic N) is 1.